The fourth-order valence-electron chi connectivity index (χ4n) is 4.34. The molecule has 2 aromatic carbocycles. The Labute approximate surface area is 231 Å². The zero-order valence-corrected chi connectivity index (χ0v) is 21.9. The van der Waals surface area contributed by atoms with Gasteiger partial charge in [-0.1, -0.05) is 18.2 Å². The molecule has 6 N–H and O–H groups in total. The SMILES string of the molecule is CCOC(=O)CNC(=O)C(c1c[nH]c2ccccc12)N(C(=O)c1snc(C(N)=O)c1N)c1ccc2c(c1)OCO2. The molecule has 0 aliphatic carbocycles. The van der Waals surface area contributed by atoms with Crippen LogP contribution in [0.25, 0.3) is 10.9 Å². The second-order valence-electron chi connectivity index (χ2n) is 8.57. The lowest BCUT2D eigenvalue weighted by Crippen LogP contribution is -2.45. The van der Waals surface area contributed by atoms with Gasteiger partial charge in [-0.2, -0.15) is 4.37 Å². The van der Waals surface area contributed by atoms with Crippen LogP contribution < -0.4 is 31.2 Å². The van der Waals surface area contributed by atoms with Gasteiger partial charge in [0, 0.05) is 34.4 Å². The molecule has 3 amide bonds. The largest absolute Gasteiger partial charge is 0.465 e. The number of para-hydroxylation sites is 1. The monoisotopic (exact) mass is 564 g/mol. The maximum Gasteiger partial charge on any atom is 0.325 e. The van der Waals surface area contributed by atoms with Crippen LogP contribution in [0.4, 0.5) is 11.4 Å². The predicted molar refractivity (Wildman–Crippen MR) is 145 cm³/mol. The normalized spacial score (nSPS) is 12.6. The molecule has 5 rings (SSSR count). The highest BCUT2D eigenvalue weighted by molar-refractivity contribution is 7.09. The second-order valence-corrected chi connectivity index (χ2v) is 9.34. The first-order valence-electron chi connectivity index (χ1n) is 12.1. The van der Waals surface area contributed by atoms with E-state index in [9.17, 15) is 19.2 Å². The van der Waals surface area contributed by atoms with E-state index in [2.05, 4.69) is 14.7 Å². The summed E-state index contributed by atoms with van der Waals surface area (Å²) in [6.07, 6.45) is 1.61. The Morgan fingerprint density at radius 3 is 2.70 bits per heavy atom. The topological polar surface area (TPSA) is 192 Å². The first-order chi connectivity index (χ1) is 19.3. The highest BCUT2D eigenvalue weighted by Crippen LogP contribution is 2.40. The zero-order chi connectivity index (χ0) is 28.4. The molecule has 4 aromatic rings. The van der Waals surface area contributed by atoms with Crippen molar-refractivity contribution in [2.24, 2.45) is 5.73 Å². The minimum atomic E-state index is -1.32. The van der Waals surface area contributed by atoms with E-state index in [0.29, 0.717) is 39.5 Å². The summed E-state index contributed by atoms with van der Waals surface area (Å²) in [6.45, 7) is 1.34. The first-order valence-corrected chi connectivity index (χ1v) is 12.8. The van der Waals surface area contributed by atoms with Crippen LogP contribution in [-0.4, -0.2) is 53.0 Å². The van der Waals surface area contributed by atoms with Crippen molar-refractivity contribution in [1.29, 1.82) is 0 Å². The Morgan fingerprint density at radius 2 is 1.95 bits per heavy atom. The van der Waals surface area contributed by atoms with Crippen molar-refractivity contribution in [3.63, 3.8) is 0 Å². The summed E-state index contributed by atoms with van der Waals surface area (Å²) in [6, 6.07) is 10.6. The number of nitrogens with zero attached hydrogens (tertiary/aromatic N) is 2. The molecule has 206 valence electrons. The molecule has 0 fully saturated rings. The number of nitrogen functional groups attached to an aromatic ring is 1. The van der Waals surface area contributed by atoms with E-state index >= 15 is 0 Å². The Bertz CT molecular complexity index is 1630. The van der Waals surface area contributed by atoms with E-state index in [1.54, 1.807) is 43.5 Å². The number of carbonyl (C=O) groups is 4. The number of carbonyl (C=O) groups excluding carboxylic acids is 4. The molecule has 2 aromatic heterocycles. The average molecular weight is 565 g/mol. The molecule has 40 heavy (non-hydrogen) atoms. The quantitative estimate of drug-likeness (QED) is 0.220. The van der Waals surface area contributed by atoms with Crippen LogP contribution in [0, 0.1) is 0 Å². The van der Waals surface area contributed by atoms with Crippen LogP contribution in [0.2, 0.25) is 0 Å². The Morgan fingerprint density at radius 1 is 1.18 bits per heavy atom. The minimum absolute atomic E-state index is 0.0115. The van der Waals surface area contributed by atoms with Crippen LogP contribution in [0.15, 0.2) is 48.7 Å². The third-order valence-electron chi connectivity index (χ3n) is 6.14. The fraction of sp³-hybridized carbons (Fsp3) is 0.192. The number of hydrogen-bond donors (Lipinski definition) is 4. The van der Waals surface area contributed by atoms with Gasteiger partial charge in [0.1, 0.15) is 17.5 Å². The van der Waals surface area contributed by atoms with E-state index in [4.69, 9.17) is 25.7 Å². The van der Waals surface area contributed by atoms with Gasteiger partial charge in [-0.05, 0) is 36.7 Å². The summed E-state index contributed by atoms with van der Waals surface area (Å²) in [5.41, 5.74) is 12.4. The standard InChI is InChI=1S/C26H24N6O7S/c1-2-37-19(33)11-30-25(35)22(15-10-29-16-6-4-3-5-14(15)16)32(13-7-8-17-18(9-13)39-12-38-17)26(36)23-20(27)21(24(28)34)31-40-23/h3-10,22,29H,2,11-12,27H2,1H3,(H2,28,34)(H,30,35). The van der Waals surface area contributed by atoms with Crippen LogP contribution in [0.1, 0.15) is 38.7 Å². The summed E-state index contributed by atoms with van der Waals surface area (Å²) < 4.78 is 19.8. The maximum atomic E-state index is 14.2. The number of anilines is 2. The molecule has 1 unspecified atom stereocenters. The number of nitrogens with two attached hydrogens (primary N) is 2. The number of primary amides is 1. The first kappa shape index (κ1) is 26.5. The highest BCUT2D eigenvalue weighted by Gasteiger charge is 2.38. The molecule has 0 saturated carbocycles. The van der Waals surface area contributed by atoms with E-state index in [0.717, 1.165) is 0 Å². The smallest absolute Gasteiger partial charge is 0.325 e. The fourth-order valence-corrected chi connectivity index (χ4v) is 5.09. The van der Waals surface area contributed by atoms with E-state index < -0.39 is 36.3 Å². The number of esters is 1. The zero-order valence-electron chi connectivity index (χ0n) is 21.1. The van der Waals surface area contributed by atoms with Gasteiger partial charge in [0.2, 0.25) is 12.7 Å². The van der Waals surface area contributed by atoms with Crippen molar-refractivity contribution in [2.75, 3.05) is 30.6 Å². The number of H-pyrrole nitrogens is 1. The molecular weight excluding hydrogens is 540 g/mol. The molecule has 0 radical (unpaired) electrons. The number of hydrogen-bond acceptors (Lipinski definition) is 10. The van der Waals surface area contributed by atoms with Gasteiger partial charge >= 0.3 is 5.97 Å². The van der Waals surface area contributed by atoms with Crippen molar-refractivity contribution in [3.05, 3.63) is 64.8 Å². The van der Waals surface area contributed by atoms with Gasteiger partial charge in [-0.3, -0.25) is 24.1 Å². The molecule has 13 nitrogen and oxygen atoms in total. The summed E-state index contributed by atoms with van der Waals surface area (Å²) in [4.78, 5) is 56.2. The molecule has 1 atom stereocenters. The summed E-state index contributed by atoms with van der Waals surface area (Å²) in [5, 5.41) is 3.23. The third kappa shape index (κ3) is 4.87. The molecule has 1 aliphatic heterocycles. The summed E-state index contributed by atoms with van der Waals surface area (Å²) in [7, 11) is 0. The summed E-state index contributed by atoms with van der Waals surface area (Å²) in [5.74, 6) is -2.14. The number of rotatable bonds is 9. The highest BCUT2D eigenvalue weighted by atomic mass is 32.1. The van der Waals surface area contributed by atoms with E-state index in [-0.39, 0.29) is 35.3 Å². The number of amides is 3. The van der Waals surface area contributed by atoms with Crippen LogP contribution in [0.5, 0.6) is 11.5 Å². The van der Waals surface area contributed by atoms with Crippen LogP contribution in [-0.2, 0) is 14.3 Å². The number of benzene rings is 2. The van der Waals surface area contributed by atoms with Crippen LogP contribution in [0.3, 0.4) is 0 Å². The van der Waals surface area contributed by atoms with E-state index in [1.165, 1.54) is 4.90 Å². The van der Waals surface area contributed by atoms with Crippen molar-refractivity contribution in [1.82, 2.24) is 14.7 Å². The number of nitrogens with one attached hydrogen (secondary N) is 2. The number of aromatic amines is 1. The summed E-state index contributed by atoms with van der Waals surface area (Å²) >= 11 is 0.679. The van der Waals surface area contributed by atoms with Gasteiger partial charge in [-0.25, -0.2) is 0 Å². The molecular formula is C26H24N6O7S. The van der Waals surface area contributed by atoms with Gasteiger partial charge in [-0.15, -0.1) is 0 Å². The second kappa shape index (κ2) is 10.9. The lowest BCUT2D eigenvalue weighted by molar-refractivity contribution is -0.143. The van der Waals surface area contributed by atoms with Gasteiger partial charge in [0.25, 0.3) is 11.8 Å². The van der Waals surface area contributed by atoms with Crippen molar-refractivity contribution in [2.45, 2.75) is 13.0 Å². The minimum Gasteiger partial charge on any atom is -0.465 e. The maximum absolute atomic E-state index is 14.2. The van der Waals surface area contributed by atoms with Crippen molar-refractivity contribution < 1.29 is 33.4 Å². The number of ether oxygens (including phenoxy) is 3. The molecule has 1 aliphatic rings. The Balaban J connectivity index is 1.67. The lowest BCUT2D eigenvalue weighted by Gasteiger charge is -2.31. The van der Waals surface area contributed by atoms with E-state index in [1.807, 2.05) is 12.1 Å². The molecule has 0 spiro atoms. The Kier molecular flexibility index (Phi) is 7.25. The molecule has 14 heteroatoms. The van der Waals surface area contributed by atoms with Crippen LogP contribution >= 0.6 is 11.5 Å². The Hall–Kier alpha value is -5.11. The molecule has 3 heterocycles. The van der Waals surface area contributed by atoms with Gasteiger partial charge in [0.15, 0.2) is 17.2 Å². The lowest BCUT2D eigenvalue weighted by atomic mass is 10.0. The number of fused-ring (bicyclic) bond motifs is 2. The van der Waals surface area contributed by atoms with Crippen molar-refractivity contribution in [3.8, 4) is 11.5 Å². The van der Waals surface area contributed by atoms with Crippen molar-refractivity contribution >= 4 is 57.5 Å². The third-order valence-corrected chi connectivity index (χ3v) is 6.99. The number of aromatic nitrogens is 2. The van der Waals surface area contributed by atoms with Gasteiger partial charge < -0.3 is 36.0 Å². The molecule has 0 bridgehead atoms. The predicted octanol–water partition coefficient (Wildman–Crippen LogP) is 2.10. The average Bonchev–Trinajstić information content (AvgIpc) is 3.68. The van der Waals surface area contributed by atoms with Gasteiger partial charge in [0.05, 0.1) is 12.3 Å². The molecule has 0 saturated heterocycles.